The molecule has 10 heteroatoms. The molecule has 7 nitrogen and oxygen atoms in total. The zero-order valence-electron chi connectivity index (χ0n) is 19.5. The van der Waals surface area contributed by atoms with E-state index in [1.54, 1.807) is 22.9 Å². The van der Waals surface area contributed by atoms with Crippen LogP contribution in [0.25, 0.3) is 22.0 Å². The molecule has 4 aromatic rings. The molecule has 1 fully saturated rings. The van der Waals surface area contributed by atoms with Crippen molar-refractivity contribution in [1.82, 2.24) is 19.3 Å². The van der Waals surface area contributed by atoms with Crippen LogP contribution in [0, 0.1) is 0 Å². The number of alkyl halides is 2. The van der Waals surface area contributed by atoms with Crippen LogP contribution in [0.1, 0.15) is 24.4 Å². The molecule has 36 heavy (non-hydrogen) atoms. The van der Waals surface area contributed by atoms with Crippen LogP contribution in [0.2, 0.25) is 0 Å². The third-order valence-corrected chi connectivity index (χ3v) is 7.81. The summed E-state index contributed by atoms with van der Waals surface area (Å²) in [5.74, 6) is 3.01. The molecule has 2 aliphatic rings. The van der Waals surface area contributed by atoms with Crippen LogP contribution in [0.4, 0.5) is 14.7 Å². The summed E-state index contributed by atoms with van der Waals surface area (Å²) >= 11 is 1.94. The first-order chi connectivity index (χ1) is 17.6. The summed E-state index contributed by atoms with van der Waals surface area (Å²) in [6, 6.07) is 12.2. The predicted octanol–water partition coefficient (Wildman–Crippen LogP) is 4.80. The topological polar surface area (TPSA) is 65.2 Å². The van der Waals surface area contributed by atoms with Gasteiger partial charge in [0.15, 0.2) is 0 Å². The van der Waals surface area contributed by atoms with E-state index >= 15 is 0 Å². The number of halogens is 2. The molecule has 0 radical (unpaired) electrons. The molecular formula is C26H25F2N5O2S. The van der Waals surface area contributed by atoms with Crippen LogP contribution in [0.15, 0.2) is 59.7 Å². The zero-order chi connectivity index (χ0) is 24.6. The highest BCUT2D eigenvalue weighted by atomic mass is 32.2. The van der Waals surface area contributed by atoms with Gasteiger partial charge in [-0.3, -0.25) is 9.48 Å². The van der Waals surface area contributed by atoms with Crippen molar-refractivity contribution in [3.8, 4) is 16.9 Å². The van der Waals surface area contributed by atoms with Crippen LogP contribution < -0.4 is 15.2 Å². The minimum atomic E-state index is -2.92. The Hall–Kier alpha value is -3.40. The van der Waals surface area contributed by atoms with Gasteiger partial charge in [0, 0.05) is 54.7 Å². The fourth-order valence-corrected chi connectivity index (χ4v) is 6.10. The van der Waals surface area contributed by atoms with Gasteiger partial charge in [-0.15, -0.1) is 0 Å². The Morgan fingerprint density at radius 2 is 1.78 bits per heavy atom. The quantitative estimate of drug-likeness (QED) is 0.385. The van der Waals surface area contributed by atoms with Crippen LogP contribution in [-0.2, 0) is 6.54 Å². The van der Waals surface area contributed by atoms with Gasteiger partial charge in [-0.2, -0.15) is 20.5 Å². The Labute approximate surface area is 210 Å². The first kappa shape index (κ1) is 23.0. The second-order valence-electron chi connectivity index (χ2n) is 8.95. The second kappa shape index (κ2) is 9.57. The van der Waals surface area contributed by atoms with Crippen molar-refractivity contribution in [2.45, 2.75) is 32.0 Å². The zero-order valence-corrected chi connectivity index (χ0v) is 20.3. The maximum absolute atomic E-state index is 13.2. The highest BCUT2D eigenvalue weighted by Gasteiger charge is 2.28. The molecule has 0 N–H and O–H groups in total. The molecule has 0 amide bonds. The number of anilines is 1. The lowest BCUT2D eigenvalue weighted by Gasteiger charge is -2.29. The fourth-order valence-electron chi connectivity index (χ4n) is 5.19. The van der Waals surface area contributed by atoms with E-state index in [1.807, 2.05) is 53.1 Å². The van der Waals surface area contributed by atoms with E-state index < -0.39 is 6.61 Å². The van der Waals surface area contributed by atoms with Gasteiger partial charge in [0.25, 0.3) is 5.56 Å². The van der Waals surface area contributed by atoms with Gasteiger partial charge in [0.1, 0.15) is 5.75 Å². The first-order valence-electron chi connectivity index (χ1n) is 12.0. The number of nitrogens with zero attached hydrogens (tertiary/aromatic N) is 5. The molecule has 2 aromatic carbocycles. The Morgan fingerprint density at radius 1 is 1.00 bits per heavy atom. The van der Waals surface area contributed by atoms with E-state index in [9.17, 15) is 13.6 Å². The highest BCUT2D eigenvalue weighted by Crippen LogP contribution is 2.37. The van der Waals surface area contributed by atoms with Crippen molar-refractivity contribution in [3.63, 3.8) is 0 Å². The van der Waals surface area contributed by atoms with E-state index in [4.69, 9.17) is 4.74 Å². The highest BCUT2D eigenvalue weighted by molar-refractivity contribution is 7.99. The monoisotopic (exact) mass is 509 g/mol. The van der Waals surface area contributed by atoms with Crippen LogP contribution >= 0.6 is 11.8 Å². The average Bonchev–Trinajstić information content (AvgIpc) is 3.21. The summed E-state index contributed by atoms with van der Waals surface area (Å²) in [5.41, 5.74) is 3.06. The van der Waals surface area contributed by atoms with E-state index in [-0.39, 0.29) is 17.4 Å². The lowest BCUT2D eigenvalue weighted by atomic mass is 9.99. The van der Waals surface area contributed by atoms with Gasteiger partial charge in [-0.1, -0.05) is 24.3 Å². The number of hydrogen-bond donors (Lipinski definition) is 0. The average molecular weight is 510 g/mol. The first-order valence-corrected chi connectivity index (χ1v) is 13.2. The van der Waals surface area contributed by atoms with E-state index in [0.717, 1.165) is 53.6 Å². The van der Waals surface area contributed by atoms with Crippen molar-refractivity contribution < 1.29 is 13.5 Å². The van der Waals surface area contributed by atoms with Crippen molar-refractivity contribution in [2.24, 2.45) is 0 Å². The second-order valence-corrected chi connectivity index (χ2v) is 10.2. The molecule has 6 rings (SSSR count). The molecule has 0 bridgehead atoms. The van der Waals surface area contributed by atoms with Gasteiger partial charge in [0.2, 0.25) is 5.95 Å². The standard InChI is InChI=1S/C26H25F2N5O2S/c27-25(28)35-23-6-2-1-4-19(23)21-5-3-9-32-24(34)20-8-7-17(14-22(20)33(21)32)18-15-29-26(30-16-18)31-10-12-36-13-11-31/h1-2,4,6-8,14-16,21,25H,3,5,9-13H2. The minimum absolute atomic E-state index is 0.0805. The summed E-state index contributed by atoms with van der Waals surface area (Å²) in [6.45, 7) is -0.470. The van der Waals surface area contributed by atoms with Crippen molar-refractivity contribution in [2.75, 3.05) is 29.5 Å². The lowest BCUT2D eigenvalue weighted by molar-refractivity contribution is -0.0508. The Balaban J connectivity index is 1.42. The SMILES string of the molecule is O=c1c2ccc(-c3cnc(N4CCSCC4)nc3)cc2n2n1CCCC2c1ccccc1OC(F)F. The van der Waals surface area contributed by atoms with E-state index in [2.05, 4.69) is 14.9 Å². The van der Waals surface area contributed by atoms with Crippen LogP contribution in [0.5, 0.6) is 5.75 Å². The van der Waals surface area contributed by atoms with Crippen molar-refractivity contribution in [3.05, 3.63) is 70.8 Å². The summed E-state index contributed by atoms with van der Waals surface area (Å²) in [5, 5.41) is 0.598. The number of hydrogen-bond acceptors (Lipinski definition) is 6. The van der Waals surface area contributed by atoms with Gasteiger partial charge in [0.05, 0.1) is 16.9 Å². The van der Waals surface area contributed by atoms with Gasteiger partial charge >= 0.3 is 6.61 Å². The molecule has 4 heterocycles. The molecule has 186 valence electrons. The molecule has 1 unspecified atom stereocenters. The number of benzene rings is 2. The number of rotatable bonds is 5. The Morgan fingerprint density at radius 3 is 2.56 bits per heavy atom. The largest absolute Gasteiger partial charge is 0.434 e. The molecular weight excluding hydrogens is 484 g/mol. The van der Waals surface area contributed by atoms with E-state index in [0.29, 0.717) is 23.9 Å². The molecule has 0 spiro atoms. The van der Waals surface area contributed by atoms with Gasteiger partial charge in [-0.05, 0) is 36.6 Å². The molecule has 1 atom stereocenters. The number of aromatic nitrogens is 4. The number of ether oxygens (including phenoxy) is 1. The molecule has 0 saturated carbocycles. The fraction of sp³-hybridized carbons (Fsp3) is 0.346. The van der Waals surface area contributed by atoms with Gasteiger partial charge < -0.3 is 9.64 Å². The van der Waals surface area contributed by atoms with E-state index in [1.165, 1.54) is 0 Å². The third kappa shape index (κ3) is 4.13. The number of para-hydroxylation sites is 1. The molecule has 2 aromatic heterocycles. The number of fused-ring (bicyclic) bond motifs is 3. The molecule has 2 aliphatic heterocycles. The lowest BCUT2D eigenvalue weighted by Crippen LogP contribution is -2.33. The predicted molar refractivity (Wildman–Crippen MR) is 137 cm³/mol. The summed E-state index contributed by atoms with van der Waals surface area (Å²) in [6.07, 6.45) is 5.11. The maximum Gasteiger partial charge on any atom is 0.387 e. The van der Waals surface area contributed by atoms with Crippen LogP contribution in [0.3, 0.4) is 0 Å². The third-order valence-electron chi connectivity index (χ3n) is 6.87. The summed E-state index contributed by atoms with van der Waals surface area (Å²) < 4.78 is 34.7. The van der Waals surface area contributed by atoms with Crippen molar-refractivity contribution in [1.29, 1.82) is 0 Å². The van der Waals surface area contributed by atoms with Crippen LogP contribution in [-0.4, -0.2) is 50.5 Å². The van der Waals surface area contributed by atoms with Crippen molar-refractivity contribution >= 4 is 28.6 Å². The maximum atomic E-state index is 13.2. The molecule has 1 saturated heterocycles. The number of thioether (sulfide) groups is 1. The minimum Gasteiger partial charge on any atom is -0.434 e. The Bertz CT molecular complexity index is 1450. The Kier molecular flexibility index (Phi) is 6.12. The summed E-state index contributed by atoms with van der Waals surface area (Å²) in [7, 11) is 0. The smallest absolute Gasteiger partial charge is 0.387 e. The normalized spacial score (nSPS) is 18.0. The molecule has 0 aliphatic carbocycles. The van der Waals surface area contributed by atoms with Gasteiger partial charge in [-0.25, -0.2) is 14.6 Å². The summed E-state index contributed by atoms with van der Waals surface area (Å²) in [4.78, 5) is 24.6.